The zero-order valence-electron chi connectivity index (χ0n) is 10.2. The van der Waals surface area contributed by atoms with Crippen molar-refractivity contribution < 1.29 is 13.2 Å². The van der Waals surface area contributed by atoms with Crippen molar-refractivity contribution in [1.82, 2.24) is 0 Å². The fraction of sp³-hybridized carbons (Fsp3) is 0.143. The van der Waals surface area contributed by atoms with Gasteiger partial charge in [-0.05, 0) is 24.0 Å². The summed E-state index contributed by atoms with van der Waals surface area (Å²) < 4.78 is 39.4. The summed E-state index contributed by atoms with van der Waals surface area (Å²) in [5, 5.41) is 2.69. The molecule has 5 heteroatoms. The Balaban J connectivity index is 2.09. The number of thioether (sulfide) groups is 1. The largest absolute Gasteiger partial charge is 0.378 e. The van der Waals surface area contributed by atoms with Gasteiger partial charge in [-0.15, -0.1) is 11.8 Å². The molecular formula is C14H12F3NS. The molecule has 0 saturated carbocycles. The lowest BCUT2D eigenvalue weighted by Gasteiger charge is -2.09. The summed E-state index contributed by atoms with van der Waals surface area (Å²) in [5.41, 5.74) is 0.730. The first-order valence-corrected chi connectivity index (χ1v) is 6.84. The van der Waals surface area contributed by atoms with Gasteiger partial charge in [-0.3, -0.25) is 0 Å². The Labute approximate surface area is 113 Å². The van der Waals surface area contributed by atoms with Gasteiger partial charge in [-0.25, -0.2) is 13.2 Å². The second-order valence-corrected chi connectivity index (χ2v) is 4.83. The first-order valence-electron chi connectivity index (χ1n) is 5.61. The molecule has 1 nitrogen and oxygen atoms in total. The van der Waals surface area contributed by atoms with Gasteiger partial charge in [0, 0.05) is 23.6 Å². The summed E-state index contributed by atoms with van der Waals surface area (Å²) in [6.07, 6.45) is 1.97. The minimum absolute atomic E-state index is 0.175. The van der Waals surface area contributed by atoms with Crippen LogP contribution in [0, 0.1) is 17.5 Å². The van der Waals surface area contributed by atoms with Crippen LogP contribution in [0.25, 0.3) is 0 Å². The van der Waals surface area contributed by atoms with Crippen LogP contribution in [-0.4, -0.2) is 6.26 Å². The number of anilines is 1. The average molecular weight is 283 g/mol. The predicted octanol–water partition coefficient (Wildman–Crippen LogP) is 4.44. The van der Waals surface area contributed by atoms with Crippen LogP contribution in [0.1, 0.15) is 5.56 Å². The molecule has 0 spiro atoms. The van der Waals surface area contributed by atoms with E-state index in [1.807, 2.05) is 30.5 Å². The molecule has 0 heterocycles. The minimum Gasteiger partial charge on any atom is -0.378 e. The molecule has 0 amide bonds. The first kappa shape index (κ1) is 13.8. The van der Waals surface area contributed by atoms with E-state index < -0.39 is 17.5 Å². The lowest BCUT2D eigenvalue weighted by atomic mass is 10.2. The van der Waals surface area contributed by atoms with E-state index in [0.717, 1.165) is 16.5 Å². The molecule has 0 radical (unpaired) electrons. The number of halogens is 3. The molecule has 2 aromatic carbocycles. The summed E-state index contributed by atoms with van der Waals surface area (Å²) in [4.78, 5) is 1.12. The third-order valence-corrected chi connectivity index (χ3v) is 3.38. The van der Waals surface area contributed by atoms with Gasteiger partial charge in [-0.1, -0.05) is 12.1 Å². The molecule has 0 aliphatic rings. The molecule has 0 unspecified atom stereocenters. The van der Waals surface area contributed by atoms with Gasteiger partial charge in [-0.2, -0.15) is 0 Å². The number of nitrogens with one attached hydrogen (secondary N) is 1. The summed E-state index contributed by atoms with van der Waals surface area (Å²) in [7, 11) is 0. The molecule has 2 rings (SSSR count). The topological polar surface area (TPSA) is 12.0 Å². The Hall–Kier alpha value is -1.62. The molecule has 0 aliphatic heterocycles. The van der Waals surface area contributed by atoms with Crippen LogP contribution in [0.5, 0.6) is 0 Å². The number of hydrogen-bond donors (Lipinski definition) is 1. The Morgan fingerprint density at radius 3 is 2.37 bits per heavy atom. The highest BCUT2D eigenvalue weighted by Gasteiger charge is 2.10. The molecule has 0 aliphatic carbocycles. The third-order valence-electron chi connectivity index (χ3n) is 2.64. The van der Waals surface area contributed by atoms with Gasteiger partial charge in [0.2, 0.25) is 0 Å². The second kappa shape index (κ2) is 6.02. The van der Waals surface area contributed by atoms with Gasteiger partial charge < -0.3 is 5.32 Å². The monoisotopic (exact) mass is 283 g/mol. The minimum atomic E-state index is -1.19. The molecular weight excluding hydrogens is 271 g/mol. The Morgan fingerprint density at radius 2 is 1.74 bits per heavy atom. The van der Waals surface area contributed by atoms with E-state index in [4.69, 9.17) is 0 Å². The van der Waals surface area contributed by atoms with Crippen LogP contribution in [0.3, 0.4) is 0 Å². The maximum atomic E-state index is 13.4. The van der Waals surface area contributed by atoms with Crippen molar-refractivity contribution in [2.45, 2.75) is 11.4 Å². The summed E-state index contributed by atoms with van der Waals surface area (Å²) in [6, 6.07) is 9.09. The van der Waals surface area contributed by atoms with Crippen molar-refractivity contribution in [3.05, 3.63) is 59.4 Å². The number of benzene rings is 2. The van der Waals surface area contributed by atoms with E-state index in [1.54, 1.807) is 11.8 Å². The van der Waals surface area contributed by atoms with Crippen molar-refractivity contribution in [3.63, 3.8) is 0 Å². The zero-order valence-corrected chi connectivity index (χ0v) is 11.0. The van der Waals surface area contributed by atoms with Crippen molar-refractivity contribution >= 4 is 17.4 Å². The molecule has 2 aromatic rings. The highest BCUT2D eigenvalue weighted by Crippen LogP contribution is 2.20. The quantitative estimate of drug-likeness (QED) is 0.657. The highest BCUT2D eigenvalue weighted by molar-refractivity contribution is 7.98. The Morgan fingerprint density at radius 1 is 1.05 bits per heavy atom. The van der Waals surface area contributed by atoms with E-state index >= 15 is 0 Å². The molecule has 1 N–H and O–H groups in total. The maximum absolute atomic E-state index is 13.4. The molecule has 19 heavy (non-hydrogen) atoms. The smallest absolute Gasteiger partial charge is 0.182 e. The van der Waals surface area contributed by atoms with E-state index in [-0.39, 0.29) is 5.69 Å². The lowest BCUT2D eigenvalue weighted by Crippen LogP contribution is -2.03. The maximum Gasteiger partial charge on any atom is 0.182 e. The van der Waals surface area contributed by atoms with Gasteiger partial charge >= 0.3 is 0 Å². The van der Waals surface area contributed by atoms with Gasteiger partial charge in [0.25, 0.3) is 0 Å². The zero-order chi connectivity index (χ0) is 13.8. The Kier molecular flexibility index (Phi) is 4.37. The molecule has 0 fully saturated rings. The highest BCUT2D eigenvalue weighted by atomic mass is 32.2. The van der Waals surface area contributed by atoms with E-state index in [9.17, 15) is 13.2 Å². The van der Waals surface area contributed by atoms with Crippen LogP contribution in [0.4, 0.5) is 18.9 Å². The molecule has 0 atom stereocenters. The van der Waals surface area contributed by atoms with Crippen LogP contribution < -0.4 is 5.32 Å². The van der Waals surface area contributed by atoms with Gasteiger partial charge in [0.1, 0.15) is 5.82 Å². The van der Waals surface area contributed by atoms with Crippen LogP contribution in [0.2, 0.25) is 0 Å². The fourth-order valence-corrected chi connectivity index (χ4v) is 2.03. The number of rotatable bonds is 4. The number of hydrogen-bond acceptors (Lipinski definition) is 2. The summed E-state index contributed by atoms with van der Waals surface area (Å²) in [5.74, 6) is -3.07. The first-order chi connectivity index (χ1) is 9.10. The van der Waals surface area contributed by atoms with E-state index in [0.29, 0.717) is 12.6 Å². The molecule has 0 bridgehead atoms. The SMILES string of the molecule is CSc1ccc(CNc2cc(F)cc(F)c2F)cc1. The van der Waals surface area contributed by atoms with Crippen molar-refractivity contribution in [1.29, 1.82) is 0 Å². The van der Waals surface area contributed by atoms with Gasteiger partial charge in [0.05, 0.1) is 5.69 Å². The third kappa shape index (κ3) is 3.44. The summed E-state index contributed by atoms with van der Waals surface area (Å²) >= 11 is 1.62. The normalized spacial score (nSPS) is 10.5. The molecule has 0 saturated heterocycles. The lowest BCUT2D eigenvalue weighted by molar-refractivity contribution is 0.497. The van der Waals surface area contributed by atoms with Crippen molar-refractivity contribution in [2.75, 3.05) is 11.6 Å². The van der Waals surface area contributed by atoms with Crippen LogP contribution in [0.15, 0.2) is 41.3 Å². The fourth-order valence-electron chi connectivity index (χ4n) is 1.63. The standard InChI is InChI=1S/C14H12F3NS/c1-19-11-4-2-9(3-5-11)8-18-13-7-10(15)6-12(16)14(13)17/h2-7,18H,8H2,1H3. The van der Waals surface area contributed by atoms with Crippen LogP contribution in [-0.2, 0) is 6.54 Å². The summed E-state index contributed by atoms with van der Waals surface area (Å²) in [6.45, 7) is 0.300. The van der Waals surface area contributed by atoms with Crippen molar-refractivity contribution in [2.24, 2.45) is 0 Å². The Bertz CT molecular complexity index is 570. The molecule has 0 aromatic heterocycles. The predicted molar refractivity (Wildman–Crippen MR) is 71.9 cm³/mol. The second-order valence-electron chi connectivity index (χ2n) is 3.95. The van der Waals surface area contributed by atoms with E-state index in [1.165, 1.54) is 0 Å². The van der Waals surface area contributed by atoms with E-state index in [2.05, 4.69) is 5.32 Å². The van der Waals surface area contributed by atoms with Crippen LogP contribution >= 0.6 is 11.8 Å². The average Bonchev–Trinajstić information content (AvgIpc) is 2.41. The molecule has 100 valence electrons. The van der Waals surface area contributed by atoms with Crippen molar-refractivity contribution in [3.8, 4) is 0 Å². The van der Waals surface area contributed by atoms with Gasteiger partial charge in [0.15, 0.2) is 11.6 Å².